The van der Waals surface area contributed by atoms with Crippen LogP contribution in [-0.2, 0) is 4.79 Å². The molecule has 1 aliphatic carbocycles. The molecule has 2 aromatic rings. The maximum absolute atomic E-state index is 12.8. The number of ketones is 1. The fourth-order valence-electron chi connectivity index (χ4n) is 3.95. The van der Waals surface area contributed by atoms with E-state index in [1.54, 1.807) is 0 Å². The van der Waals surface area contributed by atoms with Crippen LogP contribution in [0.3, 0.4) is 0 Å². The van der Waals surface area contributed by atoms with E-state index in [0.29, 0.717) is 6.42 Å². The molecule has 2 aromatic carbocycles. The van der Waals surface area contributed by atoms with E-state index in [0.717, 1.165) is 56.9 Å². The number of carbonyl (C=O) groups is 1. The van der Waals surface area contributed by atoms with Gasteiger partial charge in [-0.05, 0) is 42.2 Å². The maximum atomic E-state index is 12.8. The molecule has 126 valence electrons. The van der Waals surface area contributed by atoms with Crippen molar-refractivity contribution in [2.24, 2.45) is 0 Å². The largest absolute Gasteiger partial charge is 0.454 e. The van der Waals surface area contributed by atoms with E-state index in [4.69, 9.17) is 9.47 Å². The number of nitrogens with one attached hydrogen (secondary N) is 1. The Morgan fingerprint density at radius 3 is 2.60 bits per heavy atom. The van der Waals surface area contributed by atoms with Crippen LogP contribution in [0.2, 0.25) is 0 Å². The van der Waals surface area contributed by atoms with Gasteiger partial charge in [0.25, 0.3) is 0 Å². The molecule has 0 amide bonds. The number of ether oxygens (including phenoxy) is 2. The van der Waals surface area contributed by atoms with Gasteiger partial charge >= 0.3 is 0 Å². The molecular formula is C20H16BrNO3. The van der Waals surface area contributed by atoms with Crippen LogP contribution in [0.5, 0.6) is 11.5 Å². The second kappa shape index (κ2) is 5.63. The van der Waals surface area contributed by atoms with E-state index in [9.17, 15) is 4.79 Å². The van der Waals surface area contributed by atoms with Crippen molar-refractivity contribution in [1.82, 2.24) is 0 Å². The molecule has 0 saturated carbocycles. The monoisotopic (exact) mass is 397 g/mol. The Hall–Kier alpha value is -2.27. The number of Topliss-reactive ketones (excluding diaryl/α,β-unsaturated/α-hetero) is 1. The number of hydrogen-bond acceptors (Lipinski definition) is 4. The van der Waals surface area contributed by atoms with Crippen LogP contribution >= 0.6 is 15.9 Å². The first-order chi connectivity index (χ1) is 12.2. The molecule has 4 nitrogen and oxygen atoms in total. The quantitative estimate of drug-likeness (QED) is 0.754. The lowest BCUT2D eigenvalue weighted by Crippen LogP contribution is -2.26. The third kappa shape index (κ3) is 2.37. The van der Waals surface area contributed by atoms with Crippen molar-refractivity contribution >= 4 is 27.4 Å². The van der Waals surface area contributed by atoms with Gasteiger partial charge in [0.15, 0.2) is 17.3 Å². The molecule has 1 atom stereocenters. The van der Waals surface area contributed by atoms with Gasteiger partial charge in [-0.15, -0.1) is 0 Å². The van der Waals surface area contributed by atoms with Gasteiger partial charge in [0.05, 0.1) is 0 Å². The molecule has 0 fully saturated rings. The third-order valence-corrected chi connectivity index (χ3v) is 5.62. The summed E-state index contributed by atoms with van der Waals surface area (Å²) < 4.78 is 12.1. The van der Waals surface area contributed by atoms with E-state index in [1.807, 2.05) is 24.3 Å². The van der Waals surface area contributed by atoms with Crippen molar-refractivity contribution in [2.75, 3.05) is 12.1 Å². The molecule has 25 heavy (non-hydrogen) atoms. The highest BCUT2D eigenvalue weighted by atomic mass is 79.9. The summed E-state index contributed by atoms with van der Waals surface area (Å²) in [4.78, 5) is 12.8. The summed E-state index contributed by atoms with van der Waals surface area (Å²) in [5.41, 5.74) is 5.15. The van der Waals surface area contributed by atoms with Crippen LogP contribution in [0.4, 0.5) is 5.69 Å². The zero-order valence-electron chi connectivity index (χ0n) is 13.5. The van der Waals surface area contributed by atoms with Gasteiger partial charge in [0.2, 0.25) is 6.79 Å². The van der Waals surface area contributed by atoms with E-state index in [2.05, 4.69) is 33.4 Å². The predicted octanol–water partition coefficient (Wildman–Crippen LogP) is 4.74. The molecule has 0 unspecified atom stereocenters. The van der Waals surface area contributed by atoms with Crippen molar-refractivity contribution in [3.05, 3.63) is 63.3 Å². The van der Waals surface area contributed by atoms with Crippen molar-refractivity contribution in [3.8, 4) is 11.5 Å². The highest BCUT2D eigenvalue weighted by molar-refractivity contribution is 9.10. The second-order valence-electron chi connectivity index (χ2n) is 6.57. The topological polar surface area (TPSA) is 47.6 Å². The normalized spacial score (nSPS) is 20.8. The lowest BCUT2D eigenvalue weighted by Gasteiger charge is -2.34. The summed E-state index contributed by atoms with van der Waals surface area (Å²) in [7, 11) is 0. The molecule has 5 heteroatoms. The molecule has 2 heterocycles. The van der Waals surface area contributed by atoms with E-state index >= 15 is 0 Å². The van der Waals surface area contributed by atoms with Crippen molar-refractivity contribution in [1.29, 1.82) is 0 Å². The van der Waals surface area contributed by atoms with E-state index < -0.39 is 0 Å². The standard InChI is InChI=1S/C20H16BrNO3/c21-12-6-4-11(5-7-12)19-13-8-17-18(25-10-24-17)9-15(13)22-14-2-1-3-16(23)20(14)19/h4-9,19,22H,1-3,10H2/t19-/m0/s1. The first kappa shape index (κ1) is 15.0. The smallest absolute Gasteiger partial charge is 0.231 e. The van der Waals surface area contributed by atoms with Crippen LogP contribution in [0.15, 0.2) is 52.1 Å². The van der Waals surface area contributed by atoms with Gasteiger partial charge in [-0.3, -0.25) is 4.79 Å². The minimum Gasteiger partial charge on any atom is -0.454 e. The third-order valence-electron chi connectivity index (χ3n) is 5.09. The van der Waals surface area contributed by atoms with Crippen molar-refractivity contribution in [2.45, 2.75) is 25.2 Å². The SMILES string of the molecule is O=C1CCCC2=C1[C@@H](c1ccc(Br)cc1)c1cc3c(cc1N2)OCO3. The lowest BCUT2D eigenvalue weighted by atomic mass is 9.75. The van der Waals surface area contributed by atoms with E-state index in [-0.39, 0.29) is 18.5 Å². The van der Waals surface area contributed by atoms with Crippen LogP contribution in [-0.4, -0.2) is 12.6 Å². The number of anilines is 1. The number of fused-ring (bicyclic) bond motifs is 2. The minimum atomic E-state index is -0.0679. The maximum Gasteiger partial charge on any atom is 0.231 e. The molecule has 5 rings (SSSR count). The van der Waals surface area contributed by atoms with Crippen LogP contribution < -0.4 is 14.8 Å². The van der Waals surface area contributed by atoms with Crippen molar-refractivity contribution < 1.29 is 14.3 Å². The molecule has 1 N–H and O–H groups in total. The Kier molecular flexibility index (Phi) is 3.38. The lowest BCUT2D eigenvalue weighted by molar-refractivity contribution is -0.116. The first-order valence-corrected chi connectivity index (χ1v) is 9.22. The summed E-state index contributed by atoms with van der Waals surface area (Å²) in [5, 5.41) is 3.48. The molecule has 0 bridgehead atoms. The average molecular weight is 398 g/mol. The number of rotatable bonds is 1. The Labute approximate surface area is 154 Å². The Bertz CT molecular complexity index is 917. The summed E-state index contributed by atoms with van der Waals surface area (Å²) in [6.07, 6.45) is 2.42. The molecule has 2 aliphatic heterocycles. The van der Waals surface area contributed by atoms with Gasteiger partial charge in [-0.25, -0.2) is 0 Å². The molecular weight excluding hydrogens is 382 g/mol. The van der Waals surface area contributed by atoms with Gasteiger partial charge in [-0.1, -0.05) is 28.1 Å². The summed E-state index contributed by atoms with van der Waals surface area (Å²) in [6, 6.07) is 12.2. The average Bonchev–Trinajstić information content (AvgIpc) is 3.06. The van der Waals surface area contributed by atoms with Gasteiger partial charge in [0, 0.05) is 39.8 Å². The number of carbonyl (C=O) groups excluding carboxylic acids is 1. The van der Waals surface area contributed by atoms with E-state index in [1.165, 1.54) is 0 Å². The molecule has 0 radical (unpaired) electrons. The van der Waals surface area contributed by atoms with Gasteiger partial charge < -0.3 is 14.8 Å². The minimum absolute atomic E-state index is 0.0679. The Balaban J connectivity index is 1.73. The van der Waals surface area contributed by atoms with Crippen LogP contribution in [0, 0.1) is 0 Å². The van der Waals surface area contributed by atoms with Gasteiger partial charge in [0.1, 0.15) is 0 Å². The molecule has 0 spiro atoms. The molecule has 0 aromatic heterocycles. The zero-order valence-corrected chi connectivity index (χ0v) is 15.1. The van der Waals surface area contributed by atoms with Crippen LogP contribution in [0.25, 0.3) is 0 Å². The highest BCUT2D eigenvalue weighted by Gasteiger charge is 2.36. The number of halogens is 1. The molecule has 3 aliphatic rings. The fraction of sp³-hybridized carbons (Fsp3) is 0.250. The fourth-order valence-corrected chi connectivity index (χ4v) is 4.22. The number of hydrogen-bond donors (Lipinski definition) is 1. The molecule has 0 saturated heterocycles. The summed E-state index contributed by atoms with van der Waals surface area (Å²) in [5.74, 6) is 1.67. The summed E-state index contributed by atoms with van der Waals surface area (Å²) in [6.45, 7) is 0.243. The van der Waals surface area contributed by atoms with Gasteiger partial charge in [-0.2, -0.15) is 0 Å². The second-order valence-corrected chi connectivity index (χ2v) is 7.49. The first-order valence-electron chi connectivity index (χ1n) is 8.43. The van der Waals surface area contributed by atoms with Crippen molar-refractivity contribution in [3.63, 3.8) is 0 Å². The Morgan fingerprint density at radius 1 is 1.04 bits per heavy atom. The zero-order chi connectivity index (χ0) is 17.0. The highest BCUT2D eigenvalue weighted by Crippen LogP contribution is 2.49. The number of benzene rings is 2. The Morgan fingerprint density at radius 2 is 1.80 bits per heavy atom. The van der Waals surface area contributed by atoms with Crippen LogP contribution in [0.1, 0.15) is 36.3 Å². The predicted molar refractivity (Wildman–Crippen MR) is 98.1 cm³/mol. The summed E-state index contributed by atoms with van der Waals surface area (Å²) >= 11 is 3.49. The number of allylic oxidation sites excluding steroid dienone is 2.